The number of rotatable bonds is 3. The Morgan fingerprint density at radius 1 is 1.43 bits per heavy atom. The molecule has 1 aromatic heterocycles. The highest BCUT2D eigenvalue weighted by Crippen LogP contribution is 2.43. The quantitative estimate of drug-likeness (QED) is 0.801. The topological polar surface area (TPSA) is 98.8 Å². The van der Waals surface area contributed by atoms with Crippen LogP contribution in [0.15, 0.2) is 6.07 Å². The first kappa shape index (κ1) is 15.8. The summed E-state index contributed by atoms with van der Waals surface area (Å²) in [5.74, 6) is 1.06. The van der Waals surface area contributed by atoms with E-state index in [4.69, 9.17) is 5.73 Å². The highest BCUT2D eigenvalue weighted by atomic mass is 16.4. The van der Waals surface area contributed by atoms with Crippen LogP contribution in [0.2, 0.25) is 0 Å². The molecule has 2 saturated heterocycles. The van der Waals surface area contributed by atoms with Gasteiger partial charge in [0.15, 0.2) is 0 Å². The number of hydrogen-bond donors (Lipinski definition) is 2. The lowest BCUT2D eigenvalue weighted by Gasteiger charge is -2.39. The molecule has 1 aromatic rings. The Hall–Kier alpha value is -2.09. The van der Waals surface area contributed by atoms with Crippen LogP contribution in [0, 0.1) is 11.3 Å². The second-order valence-electron chi connectivity index (χ2n) is 6.91. The fourth-order valence-electron chi connectivity index (χ4n) is 3.74. The second kappa shape index (κ2) is 5.52. The van der Waals surface area contributed by atoms with Gasteiger partial charge in [0, 0.05) is 39.8 Å². The van der Waals surface area contributed by atoms with Crippen molar-refractivity contribution in [2.75, 3.05) is 62.9 Å². The number of piperidine rings is 1. The van der Waals surface area contributed by atoms with Crippen LogP contribution in [0.5, 0.6) is 0 Å². The Bertz CT molecular complexity index is 622. The smallest absolute Gasteiger partial charge is 0.313 e. The molecule has 0 radical (unpaired) electrons. The Kier molecular flexibility index (Phi) is 3.79. The number of nitrogen functional groups attached to an aromatic ring is 1. The Morgan fingerprint density at radius 3 is 2.83 bits per heavy atom. The first-order chi connectivity index (χ1) is 10.8. The van der Waals surface area contributed by atoms with Gasteiger partial charge in [-0.1, -0.05) is 0 Å². The molecule has 126 valence electrons. The predicted octanol–water partition coefficient (Wildman–Crippen LogP) is -0.0325. The average molecular weight is 320 g/mol. The Morgan fingerprint density at radius 2 is 2.17 bits per heavy atom. The van der Waals surface area contributed by atoms with Crippen LogP contribution >= 0.6 is 0 Å². The minimum Gasteiger partial charge on any atom is -0.481 e. The number of likely N-dealkylation sites (tertiary alicyclic amines) is 1. The van der Waals surface area contributed by atoms with E-state index >= 15 is 0 Å². The van der Waals surface area contributed by atoms with E-state index in [0.29, 0.717) is 37.2 Å². The van der Waals surface area contributed by atoms with Gasteiger partial charge in [-0.2, -0.15) is 9.97 Å². The first-order valence-corrected chi connectivity index (χ1v) is 7.80. The number of aromatic nitrogens is 2. The summed E-state index contributed by atoms with van der Waals surface area (Å²) in [6.07, 6.45) is 0.889. The van der Waals surface area contributed by atoms with Gasteiger partial charge in [-0.3, -0.25) is 4.79 Å². The van der Waals surface area contributed by atoms with Gasteiger partial charge >= 0.3 is 5.97 Å². The van der Waals surface area contributed by atoms with E-state index in [0.717, 1.165) is 13.0 Å². The van der Waals surface area contributed by atoms with Crippen LogP contribution in [0.1, 0.15) is 6.42 Å². The number of fused-ring (bicyclic) bond motifs is 1. The number of nitrogens with two attached hydrogens (primary N) is 1. The summed E-state index contributed by atoms with van der Waals surface area (Å²) in [5.41, 5.74) is 5.17. The predicted molar refractivity (Wildman–Crippen MR) is 88.7 cm³/mol. The second-order valence-corrected chi connectivity index (χ2v) is 6.91. The van der Waals surface area contributed by atoms with Crippen LogP contribution in [0.3, 0.4) is 0 Å². The monoisotopic (exact) mass is 320 g/mol. The number of aliphatic carboxylic acids is 1. The van der Waals surface area contributed by atoms with Crippen LogP contribution in [-0.2, 0) is 4.79 Å². The summed E-state index contributed by atoms with van der Waals surface area (Å²) in [5, 5.41) is 9.86. The zero-order valence-electron chi connectivity index (χ0n) is 13.9. The van der Waals surface area contributed by atoms with Crippen molar-refractivity contribution in [2.45, 2.75) is 6.42 Å². The van der Waals surface area contributed by atoms with Gasteiger partial charge in [-0.05, 0) is 25.9 Å². The molecule has 3 rings (SSSR count). The fourth-order valence-corrected chi connectivity index (χ4v) is 3.74. The van der Waals surface area contributed by atoms with E-state index in [1.54, 1.807) is 11.0 Å². The summed E-state index contributed by atoms with van der Waals surface area (Å²) in [6, 6.07) is 1.73. The lowest BCUT2D eigenvalue weighted by Crippen LogP contribution is -2.52. The van der Waals surface area contributed by atoms with Gasteiger partial charge in [0.1, 0.15) is 17.1 Å². The van der Waals surface area contributed by atoms with Gasteiger partial charge < -0.3 is 25.5 Å². The highest BCUT2D eigenvalue weighted by molar-refractivity contribution is 5.78. The van der Waals surface area contributed by atoms with Crippen molar-refractivity contribution in [3.05, 3.63) is 6.07 Å². The molecule has 2 aliphatic rings. The molecule has 0 amide bonds. The third-order valence-corrected chi connectivity index (χ3v) is 4.98. The van der Waals surface area contributed by atoms with E-state index in [2.05, 4.69) is 14.9 Å². The van der Waals surface area contributed by atoms with Gasteiger partial charge in [0.05, 0.1) is 0 Å². The molecular weight excluding hydrogens is 296 g/mol. The molecule has 2 aliphatic heterocycles. The first-order valence-electron chi connectivity index (χ1n) is 7.80. The van der Waals surface area contributed by atoms with Gasteiger partial charge in [-0.15, -0.1) is 0 Å². The number of carbonyl (C=O) groups is 1. The molecular formula is C15H24N6O2. The molecule has 23 heavy (non-hydrogen) atoms. The fraction of sp³-hybridized carbons (Fsp3) is 0.667. The van der Waals surface area contributed by atoms with Crippen molar-refractivity contribution >= 4 is 23.6 Å². The lowest BCUT2D eigenvalue weighted by molar-refractivity contribution is -0.153. The van der Waals surface area contributed by atoms with Crippen molar-refractivity contribution in [3.63, 3.8) is 0 Å². The lowest BCUT2D eigenvalue weighted by atomic mass is 9.73. The molecule has 0 unspecified atom stereocenters. The molecule has 3 heterocycles. The van der Waals surface area contributed by atoms with Crippen molar-refractivity contribution in [3.8, 4) is 0 Å². The van der Waals surface area contributed by atoms with Crippen molar-refractivity contribution in [2.24, 2.45) is 11.3 Å². The van der Waals surface area contributed by atoms with Gasteiger partial charge in [-0.25, -0.2) is 0 Å². The summed E-state index contributed by atoms with van der Waals surface area (Å²) in [7, 11) is 5.70. The number of carboxylic acid groups (broad SMARTS) is 1. The summed E-state index contributed by atoms with van der Waals surface area (Å²) in [6.45, 7) is 2.66. The Balaban J connectivity index is 1.93. The minimum absolute atomic E-state index is 0.134. The zero-order valence-corrected chi connectivity index (χ0v) is 13.9. The molecule has 2 fully saturated rings. The molecule has 0 aromatic carbocycles. The van der Waals surface area contributed by atoms with E-state index < -0.39 is 11.4 Å². The minimum atomic E-state index is -0.731. The average Bonchev–Trinajstić information content (AvgIpc) is 2.86. The zero-order chi connectivity index (χ0) is 16.8. The van der Waals surface area contributed by atoms with Crippen molar-refractivity contribution in [1.29, 1.82) is 0 Å². The third kappa shape index (κ3) is 2.67. The maximum Gasteiger partial charge on any atom is 0.313 e. The highest BCUT2D eigenvalue weighted by Gasteiger charge is 2.54. The van der Waals surface area contributed by atoms with Crippen LogP contribution in [0.4, 0.5) is 17.6 Å². The normalized spacial score (nSPS) is 27.8. The van der Waals surface area contributed by atoms with Crippen molar-refractivity contribution < 1.29 is 9.90 Å². The number of carboxylic acids is 1. The number of nitrogens with zero attached hydrogens (tertiary/aromatic N) is 5. The molecule has 0 aliphatic carbocycles. The van der Waals surface area contributed by atoms with Crippen molar-refractivity contribution in [1.82, 2.24) is 14.9 Å². The van der Waals surface area contributed by atoms with Crippen LogP contribution < -0.4 is 15.5 Å². The molecule has 3 N–H and O–H groups in total. The molecule has 2 atom stereocenters. The van der Waals surface area contributed by atoms with E-state index in [-0.39, 0.29) is 5.92 Å². The summed E-state index contributed by atoms with van der Waals surface area (Å²) < 4.78 is 0. The molecule has 0 bridgehead atoms. The van der Waals surface area contributed by atoms with E-state index in [9.17, 15) is 9.90 Å². The number of anilines is 3. The van der Waals surface area contributed by atoms with Gasteiger partial charge in [0.2, 0.25) is 5.95 Å². The van der Waals surface area contributed by atoms with E-state index in [1.165, 1.54) is 0 Å². The maximum atomic E-state index is 12.0. The summed E-state index contributed by atoms with van der Waals surface area (Å²) >= 11 is 0. The molecule has 0 spiro atoms. The molecule has 8 nitrogen and oxygen atoms in total. The third-order valence-electron chi connectivity index (χ3n) is 4.98. The van der Waals surface area contributed by atoms with Gasteiger partial charge in [0.25, 0.3) is 0 Å². The Labute approximate surface area is 135 Å². The maximum absolute atomic E-state index is 12.0. The standard InChI is InChI=1S/C15H24N6O2/c1-19(2)14-17-11(16)6-12(18-14)21-7-10-4-5-20(3)8-15(10,9-21)13(22)23/h6,10H,4-5,7-9H2,1-3H3,(H,22,23)(H2,16,17,18)/t10-,15-/m0/s1. The molecule has 8 heteroatoms. The van der Waals surface area contributed by atoms with E-state index in [1.807, 2.05) is 26.0 Å². The SMILES string of the molecule is CN1CC[C@H]2CN(c3cc(N)nc(N(C)C)n3)C[C@@]2(C(=O)O)C1. The largest absolute Gasteiger partial charge is 0.481 e. The number of hydrogen-bond acceptors (Lipinski definition) is 7. The van der Waals surface area contributed by atoms with Crippen LogP contribution in [-0.4, -0.2) is 73.3 Å². The summed E-state index contributed by atoms with van der Waals surface area (Å²) in [4.78, 5) is 26.7. The molecule has 0 saturated carbocycles. The van der Waals surface area contributed by atoms with Crippen LogP contribution in [0.25, 0.3) is 0 Å².